The lowest BCUT2D eigenvalue weighted by molar-refractivity contribution is 0.0871. The molecule has 1 N–H and O–H groups in total. The van der Waals surface area contributed by atoms with E-state index in [1.807, 2.05) is 25.1 Å². The number of carbonyl (C=O) groups excluding carboxylic acids is 1. The minimum Gasteiger partial charge on any atom is -0.396 e. The monoisotopic (exact) mass is 275 g/mol. The smallest absolute Gasteiger partial charge is 0.176 e. The summed E-state index contributed by atoms with van der Waals surface area (Å²) in [5, 5.41) is 9.04. The molecule has 1 fully saturated rings. The SMILES string of the molecule is Cc1ccc(C(=O)CN2CCCC(CCO)C2)cc1C. The summed E-state index contributed by atoms with van der Waals surface area (Å²) in [5.41, 5.74) is 3.22. The first kappa shape index (κ1) is 15.2. The Morgan fingerprint density at radius 1 is 1.35 bits per heavy atom. The first-order valence-electron chi connectivity index (χ1n) is 7.54. The largest absolute Gasteiger partial charge is 0.396 e. The summed E-state index contributed by atoms with van der Waals surface area (Å²) in [6.07, 6.45) is 3.16. The van der Waals surface area contributed by atoms with Crippen molar-refractivity contribution in [2.24, 2.45) is 5.92 Å². The number of hydrogen-bond donors (Lipinski definition) is 1. The predicted octanol–water partition coefficient (Wildman–Crippen LogP) is 2.58. The van der Waals surface area contributed by atoms with Gasteiger partial charge in [-0.2, -0.15) is 0 Å². The van der Waals surface area contributed by atoms with Crippen LogP contribution in [-0.4, -0.2) is 42.0 Å². The third kappa shape index (κ3) is 3.90. The molecule has 1 aliphatic heterocycles. The third-order valence-corrected chi connectivity index (χ3v) is 4.34. The summed E-state index contributed by atoms with van der Waals surface area (Å²) in [6.45, 7) is 6.81. The molecular formula is C17H25NO2. The van der Waals surface area contributed by atoms with Gasteiger partial charge in [0.15, 0.2) is 5.78 Å². The van der Waals surface area contributed by atoms with Gasteiger partial charge in [-0.1, -0.05) is 12.1 Å². The van der Waals surface area contributed by atoms with E-state index in [2.05, 4.69) is 11.8 Å². The number of likely N-dealkylation sites (tertiary alicyclic amines) is 1. The second-order valence-corrected chi connectivity index (χ2v) is 5.98. The molecule has 20 heavy (non-hydrogen) atoms. The summed E-state index contributed by atoms with van der Waals surface area (Å²) < 4.78 is 0. The minimum atomic E-state index is 0.206. The van der Waals surface area contributed by atoms with Gasteiger partial charge in [0.25, 0.3) is 0 Å². The van der Waals surface area contributed by atoms with Gasteiger partial charge in [-0.3, -0.25) is 9.69 Å². The maximum atomic E-state index is 12.3. The molecule has 1 saturated heterocycles. The normalized spacial score (nSPS) is 20.1. The molecular weight excluding hydrogens is 250 g/mol. The molecule has 0 aliphatic carbocycles. The van der Waals surface area contributed by atoms with Crippen LogP contribution in [0.5, 0.6) is 0 Å². The number of carbonyl (C=O) groups is 1. The lowest BCUT2D eigenvalue weighted by atomic mass is 9.94. The Morgan fingerprint density at radius 3 is 2.85 bits per heavy atom. The van der Waals surface area contributed by atoms with Gasteiger partial charge in [-0.25, -0.2) is 0 Å². The van der Waals surface area contributed by atoms with E-state index in [0.717, 1.165) is 31.5 Å². The molecule has 1 unspecified atom stereocenters. The van der Waals surface area contributed by atoms with Gasteiger partial charge in [0.05, 0.1) is 6.54 Å². The van der Waals surface area contributed by atoms with E-state index < -0.39 is 0 Å². The first-order valence-corrected chi connectivity index (χ1v) is 7.54. The highest BCUT2D eigenvalue weighted by atomic mass is 16.3. The molecule has 1 atom stereocenters. The van der Waals surface area contributed by atoms with Crippen molar-refractivity contribution in [2.75, 3.05) is 26.2 Å². The fourth-order valence-electron chi connectivity index (χ4n) is 2.92. The van der Waals surface area contributed by atoms with E-state index in [1.165, 1.54) is 17.5 Å². The molecule has 0 spiro atoms. The molecule has 1 aromatic rings. The average molecular weight is 275 g/mol. The number of benzene rings is 1. The van der Waals surface area contributed by atoms with Crippen LogP contribution in [0, 0.1) is 19.8 Å². The van der Waals surface area contributed by atoms with Gasteiger partial charge in [-0.15, -0.1) is 0 Å². The third-order valence-electron chi connectivity index (χ3n) is 4.34. The van der Waals surface area contributed by atoms with Crippen LogP contribution in [0.1, 0.15) is 40.7 Å². The van der Waals surface area contributed by atoms with Crippen molar-refractivity contribution in [3.8, 4) is 0 Å². The maximum absolute atomic E-state index is 12.3. The van der Waals surface area contributed by atoms with E-state index in [4.69, 9.17) is 5.11 Å². The number of ketones is 1. The lowest BCUT2D eigenvalue weighted by Gasteiger charge is -2.31. The van der Waals surface area contributed by atoms with Crippen molar-refractivity contribution in [3.63, 3.8) is 0 Å². The number of aryl methyl sites for hydroxylation is 2. The van der Waals surface area contributed by atoms with Crippen molar-refractivity contribution < 1.29 is 9.90 Å². The molecule has 3 heteroatoms. The van der Waals surface area contributed by atoms with Crippen LogP contribution in [0.15, 0.2) is 18.2 Å². The summed E-state index contributed by atoms with van der Waals surface area (Å²) >= 11 is 0. The standard InChI is InChI=1S/C17H25NO2/c1-13-5-6-16(10-14(13)2)17(20)12-18-8-3-4-15(11-18)7-9-19/h5-6,10,15,19H,3-4,7-9,11-12H2,1-2H3. The van der Waals surface area contributed by atoms with E-state index in [-0.39, 0.29) is 12.4 Å². The highest BCUT2D eigenvalue weighted by Crippen LogP contribution is 2.20. The average Bonchev–Trinajstić information content (AvgIpc) is 2.42. The summed E-state index contributed by atoms with van der Waals surface area (Å²) in [4.78, 5) is 14.6. The van der Waals surface area contributed by atoms with Gasteiger partial charge >= 0.3 is 0 Å². The molecule has 1 aliphatic rings. The molecule has 0 amide bonds. The topological polar surface area (TPSA) is 40.5 Å². The van der Waals surface area contributed by atoms with Gasteiger partial charge in [-0.05, 0) is 62.8 Å². The van der Waals surface area contributed by atoms with E-state index in [9.17, 15) is 4.79 Å². The van der Waals surface area contributed by atoms with Crippen LogP contribution in [0.2, 0.25) is 0 Å². The highest BCUT2D eigenvalue weighted by Gasteiger charge is 2.21. The van der Waals surface area contributed by atoms with Crippen molar-refractivity contribution >= 4 is 5.78 Å². The molecule has 0 saturated carbocycles. The Hall–Kier alpha value is -1.19. The fourth-order valence-corrected chi connectivity index (χ4v) is 2.92. The Morgan fingerprint density at radius 2 is 2.15 bits per heavy atom. The van der Waals surface area contributed by atoms with Gasteiger partial charge in [0.2, 0.25) is 0 Å². The number of aliphatic hydroxyl groups excluding tert-OH is 1. The fraction of sp³-hybridized carbons (Fsp3) is 0.588. The number of aliphatic hydroxyl groups is 1. The number of nitrogens with zero attached hydrogens (tertiary/aromatic N) is 1. The number of hydrogen-bond acceptors (Lipinski definition) is 3. The first-order chi connectivity index (χ1) is 9.60. The predicted molar refractivity (Wildman–Crippen MR) is 81.1 cm³/mol. The molecule has 3 nitrogen and oxygen atoms in total. The quantitative estimate of drug-likeness (QED) is 0.840. The van der Waals surface area contributed by atoms with Crippen LogP contribution >= 0.6 is 0 Å². The van der Waals surface area contributed by atoms with Crippen molar-refractivity contribution in [3.05, 3.63) is 34.9 Å². The zero-order valence-electron chi connectivity index (χ0n) is 12.6. The number of rotatable bonds is 5. The zero-order chi connectivity index (χ0) is 14.5. The van der Waals surface area contributed by atoms with Crippen LogP contribution < -0.4 is 0 Å². The highest BCUT2D eigenvalue weighted by molar-refractivity contribution is 5.97. The summed E-state index contributed by atoms with van der Waals surface area (Å²) in [6, 6.07) is 5.94. The molecule has 1 heterocycles. The molecule has 1 aromatic carbocycles. The second-order valence-electron chi connectivity index (χ2n) is 5.98. The van der Waals surface area contributed by atoms with Crippen LogP contribution in [0.3, 0.4) is 0 Å². The minimum absolute atomic E-state index is 0.206. The lowest BCUT2D eigenvalue weighted by Crippen LogP contribution is -2.39. The van der Waals surface area contributed by atoms with Crippen LogP contribution in [0.25, 0.3) is 0 Å². The van der Waals surface area contributed by atoms with E-state index >= 15 is 0 Å². The van der Waals surface area contributed by atoms with Gasteiger partial charge in [0, 0.05) is 18.7 Å². The molecule has 2 rings (SSSR count). The molecule has 0 bridgehead atoms. The summed E-state index contributed by atoms with van der Waals surface area (Å²) in [7, 11) is 0. The second kappa shape index (κ2) is 7.00. The van der Waals surface area contributed by atoms with Crippen molar-refractivity contribution in [1.29, 1.82) is 0 Å². The zero-order valence-corrected chi connectivity index (χ0v) is 12.6. The Bertz CT molecular complexity index is 468. The molecule has 0 radical (unpaired) electrons. The number of piperidine rings is 1. The van der Waals surface area contributed by atoms with Crippen LogP contribution in [0.4, 0.5) is 0 Å². The summed E-state index contributed by atoms with van der Waals surface area (Å²) in [5.74, 6) is 0.749. The van der Waals surface area contributed by atoms with E-state index in [0.29, 0.717) is 12.5 Å². The van der Waals surface area contributed by atoms with Crippen molar-refractivity contribution in [1.82, 2.24) is 4.90 Å². The van der Waals surface area contributed by atoms with Crippen LogP contribution in [-0.2, 0) is 0 Å². The Balaban J connectivity index is 1.95. The Labute approximate surface area is 121 Å². The maximum Gasteiger partial charge on any atom is 0.176 e. The molecule has 0 aromatic heterocycles. The van der Waals surface area contributed by atoms with Crippen molar-refractivity contribution in [2.45, 2.75) is 33.1 Å². The van der Waals surface area contributed by atoms with Gasteiger partial charge < -0.3 is 5.11 Å². The molecule has 110 valence electrons. The van der Waals surface area contributed by atoms with Gasteiger partial charge in [0.1, 0.15) is 0 Å². The Kier molecular flexibility index (Phi) is 5.32. The van der Waals surface area contributed by atoms with E-state index in [1.54, 1.807) is 0 Å². The number of Topliss-reactive ketones (excluding diaryl/α,β-unsaturated/α-hetero) is 1.